The zero-order valence-electron chi connectivity index (χ0n) is 25.9. The molecule has 4 aromatic rings. The number of hydrogen-bond acceptors (Lipinski definition) is 8. The number of ether oxygens (including phenoxy) is 1. The highest BCUT2D eigenvalue weighted by atomic mass is 32.2. The molecule has 1 N–H and O–H groups in total. The summed E-state index contributed by atoms with van der Waals surface area (Å²) < 4.78 is 49.9. The van der Waals surface area contributed by atoms with Gasteiger partial charge in [-0.3, -0.25) is 19.2 Å². The van der Waals surface area contributed by atoms with E-state index in [1.165, 1.54) is 24.3 Å². The number of carbonyl (C=O) groups excluding carboxylic acids is 1. The number of esters is 1. The van der Waals surface area contributed by atoms with Crippen LogP contribution in [0, 0.1) is 15.9 Å². The van der Waals surface area contributed by atoms with Crippen molar-refractivity contribution in [2.45, 2.75) is 50.2 Å². The molecule has 0 bridgehead atoms. The third-order valence-corrected chi connectivity index (χ3v) is 10.0. The fourth-order valence-corrected chi connectivity index (χ4v) is 7.47. The highest BCUT2D eigenvalue weighted by Crippen LogP contribution is 2.36. The van der Waals surface area contributed by atoms with Gasteiger partial charge in [-0.15, -0.1) is 0 Å². The molecule has 0 spiro atoms. The van der Waals surface area contributed by atoms with Crippen LogP contribution in [0.15, 0.2) is 95.9 Å². The van der Waals surface area contributed by atoms with Crippen LogP contribution in [-0.4, -0.2) is 44.1 Å². The molecule has 1 aliphatic rings. The number of aliphatic hydroxyl groups excluding tert-OH is 1. The molecule has 246 valence electrons. The Morgan fingerprint density at radius 1 is 1.04 bits per heavy atom. The molecule has 10 nitrogen and oxygen atoms in total. The highest BCUT2D eigenvalue weighted by molar-refractivity contribution is 7.93. The maximum atomic E-state index is 15.5. The normalized spacial score (nSPS) is 13.5. The van der Waals surface area contributed by atoms with E-state index in [0.29, 0.717) is 25.1 Å². The molecule has 0 radical (unpaired) electrons. The van der Waals surface area contributed by atoms with Gasteiger partial charge in [-0.25, -0.2) is 12.8 Å². The summed E-state index contributed by atoms with van der Waals surface area (Å²) in [5, 5.41) is 22.8. The van der Waals surface area contributed by atoms with Gasteiger partial charge in [0.15, 0.2) is 4.90 Å². The molecular weight excluding hydrogens is 625 g/mol. The molecule has 0 fully saturated rings. The second-order valence-corrected chi connectivity index (χ2v) is 13.0. The standard InChI is InChI=1S/C35H36FN3O7S/c1-2-46-35(41)20-18-25-17-19-28(22-30(25)36)38(47(44,45)34-16-7-6-14-32(34)39(42)43)23-27-12-8-15-31-29(27)13-9-21-37(31)24-33(40)26-10-4-3-5-11-26/h3-8,10-12,14-17,19,22,33,40H,2,9,13,18,20-21,23-24H2,1H3. The number of nitrogens with zero attached hydrogens (tertiary/aromatic N) is 3. The zero-order chi connectivity index (χ0) is 33.6. The van der Waals surface area contributed by atoms with Crippen molar-refractivity contribution < 1.29 is 32.4 Å². The summed E-state index contributed by atoms with van der Waals surface area (Å²) in [6.07, 6.45) is 0.662. The predicted molar refractivity (Wildman–Crippen MR) is 176 cm³/mol. The summed E-state index contributed by atoms with van der Waals surface area (Å²) in [5.41, 5.74) is 2.75. The lowest BCUT2D eigenvalue weighted by molar-refractivity contribution is -0.387. The number of nitro groups is 1. The number of sulfonamides is 1. The van der Waals surface area contributed by atoms with E-state index in [1.54, 1.807) is 19.1 Å². The Hall–Kier alpha value is -4.81. The molecule has 1 heterocycles. The third kappa shape index (κ3) is 7.61. The van der Waals surface area contributed by atoms with E-state index in [9.17, 15) is 28.4 Å². The molecule has 0 aromatic heterocycles. The number of β-amino-alcohol motifs (C(OH)–C–C–N with tert-alkyl or cyclic N) is 1. The minimum atomic E-state index is -4.59. The number of anilines is 2. The van der Waals surface area contributed by atoms with E-state index in [4.69, 9.17) is 4.74 Å². The van der Waals surface area contributed by atoms with Crippen molar-refractivity contribution in [3.63, 3.8) is 0 Å². The second-order valence-electron chi connectivity index (χ2n) is 11.2. The van der Waals surface area contributed by atoms with E-state index >= 15 is 4.39 Å². The minimum Gasteiger partial charge on any atom is -0.466 e. The Kier molecular flexibility index (Phi) is 10.5. The van der Waals surface area contributed by atoms with Crippen LogP contribution in [-0.2, 0) is 38.9 Å². The summed E-state index contributed by atoms with van der Waals surface area (Å²) in [5.74, 6) is -1.19. The van der Waals surface area contributed by atoms with Gasteiger partial charge in [-0.2, -0.15) is 0 Å². The van der Waals surface area contributed by atoms with Gasteiger partial charge in [-0.1, -0.05) is 60.7 Å². The summed E-state index contributed by atoms with van der Waals surface area (Å²) in [7, 11) is -4.59. The monoisotopic (exact) mass is 661 g/mol. The minimum absolute atomic E-state index is 0.0229. The first kappa shape index (κ1) is 33.6. The number of para-hydroxylation sites is 1. The highest BCUT2D eigenvalue weighted by Gasteiger charge is 2.33. The molecular formula is C35H36FN3O7S. The van der Waals surface area contributed by atoms with Crippen LogP contribution in [0.2, 0.25) is 0 Å². The average molecular weight is 662 g/mol. The van der Waals surface area contributed by atoms with Gasteiger partial charge >= 0.3 is 5.97 Å². The molecule has 1 unspecified atom stereocenters. The van der Waals surface area contributed by atoms with Gasteiger partial charge in [0, 0.05) is 31.3 Å². The smallest absolute Gasteiger partial charge is 0.306 e. The Balaban J connectivity index is 1.53. The van der Waals surface area contributed by atoms with E-state index in [1.807, 2.05) is 36.4 Å². The molecule has 0 amide bonds. The number of hydrogen-bond donors (Lipinski definition) is 1. The molecule has 47 heavy (non-hydrogen) atoms. The quantitative estimate of drug-likeness (QED) is 0.103. The molecule has 5 rings (SSSR count). The molecule has 1 aliphatic heterocycles. The van der Waals surface area contributed by atoms with Crippen LogP contribution in [0.1, 0.15) is 48.1 Å². The van der Waals surface area contributed by atoms with Gasteiger partial charge < -0.3 is 14.7 Å². The summed E-state index contributed by atoms with van der Waals surface area (Å²) in [6, 6.07) is 23.8. The topological polar surface area (TPSA) is 130 Å². The largest absolute Gasteiger partial charge is 0.466 e. The van der Waals surface area contributed by atoms with Crippen LogP contribution < -0.4 is 9.21 Å². The van der Waals surface area contributed by atoms with Gasteiger partial charge in [0.05, 0.1) is 29.9 Å². The van der Waals surface area contributed by atoms with Gasteiger partial charge in [-0.05, 0) is 72.7 Å². The van der Waals surface area contributed by atoms with Crippen LogP contribution in [0.4, 0.5) is 21.5 Å². The van der Waals surface area contributed by atoms with Crippen LogP contribution in [0.25, 0.3) is 0 Å². The second kappa shape index (κ2) is 14.7. The summed E-state index contributed by atoms with van der Waals surface area (Å²) >= 11 is 0. The molecule has 0 aliphatic carbocycles. The third-order valence-electron chi connectivity index (χ3n) is 8.19. The maximum absolute atomic E-state index is 15.5. The van der Waals surface area contributed by atoms with E-state index in [-0.39, 0.29) is 37.2 Å². The Morgan fingerprint density at radius 3 is 2.51 bits per heavy atom. The van der Waals surface area contributed by atoms with Crippen LogP contribution in [0.3, 0.4) is 0 Å². The van der Waals surface area contributed by atoms with Crippen molar-refractivity contribution in [2.24, 2.45) is 0 Å². The van der Waals surface area contributed by atoms with Crippen LogP contribution >= 0.6 is 0 Å². The maximum Gasteiger partial charge on any atom is 0.306 e. The van der Waals surface area contributed by atoms with Crippen molar-refractivity contribution in [1.82, 2.24) is 0 Å². The number of aryl methyl sites for hydroxylation is 1. The van der Waals surface area contributed by atoms with Gasteiger partial charge in [0.1, 0.15) is 5.82 Å². The molecule has 12 heteroatoms. The fourth-order valence-electron chi connectivity index (χ4n) is 5.88. The van der Waals surface area contributed by atoms with E-state index < -0.39 is 43.4 Å². The van der Waals surface area contributed by atoms with Crippen molar-refractivity contribution in [3.8, 4) is 0 Å². The number of carbonyl (C=O) groups is 1. The molecule has 0 saturated carbocycles. The van der Waals surface area contributed by atoms with Crippen LogP contribution in [0.5, 0.6) is 0 Å². The number of benzene rings is 4. The first-order chi connectivity index (χ1) is 22.6. The number of aliphatic hydroxyl groups is 1. The van der Waals surface area contributed by atoms with Crippen molar-refractivity contribution in [1.29, 1.82) is 0 Å². The first-order valence-electron chi connectivity index (χ1n) is 15.4. The van der Waals surface area contributed by atoms with Gasteiger partial charge in [0.25, 0.3) is 15.7 Å². The lowest BCUT2D eigenvalue weighted by atomic mass is 9.95. The number of nitro benzene ring substituents is 1. The predicted octanol–water partition coefficient (Wildman–Crippen LogP) is 6.11. The fraction of sp³-hybridized carbons (Fsp3) is 0.286. The summed E-state index contributed by atoms with van der Waals surface area (Å²) in [6.45, 7) is 2.67. The molecule has 0 saturated heterocycles. The average Bonchev–Trinajstić information content (AvgIpc) is 3.07. The Morgan fingerprint density at radius 2 is 1.79 bits per heavy atom. The van der Waals surface area contributed by atoms with Gasteiger partial charge in [0.2, 0.25) is 0 Å². The lowest BCUT2D eigenvalue weighted by Gasteiger charge is -2.35. The van der Waals surface area contributed by atoms with Crippen molar-refractivity contribution in [3.05, 3.63) is 129 Å². The Bertz CT molecular complexity index is 1850. The number of rotatable bonds is 13. The zero-order valence-corrected chi connectivity index (χ0v) is 26.7. The van der Waals surface area contributed by atoms with Crippen molar-refractivity contribution in [2.75, 3.05) is 28.9 Å². The SMILES string of the molecule is CCOC(=O)CCc1ccc(N(Cc2cccc3c2CCCN3CC(O)c2ccccc2)S(=O)(=O)c2ccccc2[N+](=O)[O-])cc1F. The molecule has 1 atom stereocenters. The van der Waals surface area contributed by atoms with E-state index in [2.05, 4.69) is 4.90 Å². The lowest BCUT2D eigenvalue weighted by Crippen LogP contribution is -2.35. The first-order valence-corrected chi connectivity index (χ1v) is 16.8. The number of fused-ring (bicyclic) bond motifs is 1. The Labute approximate surface area is 273 Å². The molecule has 4 aromatic carbocycles. The van der Waals surface area contributed by atoms with E-state index in [0.717, 1.165) is 45.7 Å². The number of halogens is 1. The van der Waals surface area contributed by atoms with Crippen molar-refractivity contribution >= 4 is 33.1 Å². The summed E-state index contributed by atoms with van der Waals surface area (Å²) in [4.78, 5) is 24.5.